The van der Waals surface area contributed by atoms with Crippen LogP contribution in [-0.4, -0.2) is 23.9 Å². The SMILES string of the molecule is COC(C)C(C)(O)Cc1ccc(Cl)cc1Cl. The molecule has 1 aromatic carbocycles. The first-order chi connectivity index (χ1) is 7.36. The van der Waals surface area contributed by atoms with E-state index in [9.17, 15) is 5.11 Å². The van der Waals surface area contributed by atoms with E-state index in [1.807, 2.05) is 13.0 Å². The molecule has 0 fully saturated rings. The molecular weight excluding hydrogens is 247 g/mol. The van der Waals surface area contributed by atoms with Crippen LogP contribution in [0.3, 0.4) is 0 Å². The van der Waals surface area contributed by atoms with E-state index >= 15 is 0 Å². The number of halogens is 2. The molecule has 2 atom stereocenters. The molecule has 1 N–H and O–H groups in total. The van der Waals surface area contributed by atoms with Crippen molar-refractivity contribution in [3.05, 3.63) is 33.8 Å². The topological polar surface area (TPSA) is 29.5 Å². The van der Waals surface area contributed by atoms with Gasteiger partial charge in [-0.15, -0.1) is 0 Å². The van der Waals surface area contributed by atoms with Gasteiger partial charge >= 0.3 is 0 Å². The van der Waals surface area contributed by atoms with Crippen LogP contribution in [0, 0.1) is 0 Å². The highest BCUT2D eigenvalue weighted by atomic mass is 35.5. The molecule has 4 heteroatoms. The maximum Gasteiger partial charge on any atom is 0.0917 e. The highest BCUT2D eigenvalue weighted by Crippen LogP contribution is 2.26. The van der Waals surface area contributed by atoms with Gasteiger partial charge in [-0.25, -0.2) is 0 Å². The van der Waals surface area contributed by atoms with Crippen molar-refractivity contribution in [3.63, 3.8) is 0 Å². The fraction of sp³-hybridized carbons (Fsp3) is 0.500. The minimum absolute atomic E-state index is 0.265. The van der Waals surface area contributed by atoms with Gasteiger partial charge in [-0.2, -0.15) is 0 Å². The highest BCUT2D eigenvalue weighted by molar-refractivity contribution is 6.35. The molecule has 0 bridgehead atoms. The Bertz CT molecular complexity index is 364. The Morgan fingerprint density at radius 1 is 1.44 bits per heavy atom. The molecule has 0 aliphatic carbocycles. The van der Waals surface area contributed by atoms with Crippen molar-refractivity contribution in [1.82, 2.24) is 0 Å². The van der Waals surface area contributed by atoms with Crippen molar-refractivity contribution < 1.29 is 9.84 Å². The molecule has 0 spiro atoms. The van der Waals surface area contributed by atoms with Crippen LogP contribution in [0.5, 0.6) is 0 Å². The molecule has 2 nitrogen and oxygen atoms in total. The lowest BCUT2D eigenvalue weighted by molar-refractivity contribution is -0.0715. The Morgan fingerprint density at radius 3 is 2.56 bits per heavy atom. The first-order valence-electron chi connectivity index (χ1n) is 5.06. The average molecular weight is 263 g/mol. The van der Waals surface area contributed by atoms with E-state index in [4.69, 9.17) is 27.9 Å². The lowest BCUT2D eigenvalue weighted by Gasteiger charge is -2.29. The van der Waals surface area contributed by atoms with E-state index in [-0.39, 0.29) is 6.10 Å². The summed E-state index contributed by atoms with van der Waals surface area (Å²) in [6.07, 6.45) is 0.164. The molecule has 0 aliphatic rings. The number of methoxy groups -OCH3 is 1. The molecule has 1 rings (SSSR count). The fourth-order valence-electron chi connectivity index (χ4n) is 1.45. The van der Waals surface area contributed by atoms with Crippen molar-refractivity contribution in [1.29, 1.82) is 0 Å². The third-order valence-electron chi connectivity index (χ3n) is 2.79. The van der Waals surface area contributed by atoms with E-state index in [0.29, 0.717) is 16.5 Å². The van der Waals surface area contributed by atoms with E-state index in [0.717, 1.165) is 5.56 Å². The zero-order chi connectivity index (χ0) is 12.3. The lowest BCUT2D eigenvalue weighted by Crippen LogP contribution is -2.40. The summed E-state index contributed by atoms with van der Waals surface area (Å²) in [5.74, 6) is 0. The molecule has 0 saturated heterocycles. The van der Waals surface area contributed by atoms with Crippen LogP contribution in [0.2, 0.25) is 10.0 Å². The number of hydrogen-bond acceptors (Lipinski definition) is 2. The largest absolute Gasteiger partial charge is 0.387 e. The molecular formula is C12H16Cl2O2. The molecule has 0 saturated carbocycles. The number of rotatable bonds is 4. The van der Waals surface area contributed by atoms with Crippen LogP contribution in [0.1, 0.15) is 19.4 Å². The predicted octanol–water partition coefficient (Wildman–Crippen LogP) is 3.32. The number of aliphatic hydroxyl groups is 1. The molecule has 0 radical (unpaired) electrons. The maximum atomic E-state index is 10.2. The van der Waals surface area contributed by atoms with Crippen molar-refractivity contribution in [2.45, 2.75) is 32.0 Å². The molecule has 90 valence electrons. The van der Waals surface area contributed by atoms with E-state index in [2.05, 4.69) is 0 Å². The molecule has 0 aromatic heterocycles. The summed E-state index contributed by atoms with van der Waals surface area (Å²) in [5.41, 5.74) is -0.0911. The zero-order valence-electron chi connectivity index (χ0n) is 9.63. The third kappa shape index (κ3) is 3.36. The van der Waals surface area contributed by atoms with Crippen LogP contribution in [0.25, 0.3) is 0 Å². The Kier molecular flexibility index (Phi) is 4.62. The van der Waals surface area contributed by atoms with Gasteiger partial charge in [0.1, 0.15) is 0 Å². The van der Waals surface area contributed by atoms with E-state index < -0.39 is 5.60 Å². The summed E-state index contributed by atoms with van der Waals surface area (Å²) < 4.78 is 5.13. The summed E-state index contributed by atoms with van der Waals surface area (Å²) in [7, 11) is 1.57. The fourth-order valence-corrected chi connectivity index (χ4v) is 1.92. The van der Waals surface area contributed by atoms with E-state index in [1.165, 1.54) is 0 Å². The van der Waals surface area contributed by atoms with Gasteiger partial charge in [0, 0.05) is 23.6 Å². The number of hydrogen-bond donors (Lipinski definition) is 1. The van der Waals surface area contributed by atoms with Gasteiger partial charge in [0.2, 0.25) is 0 Å². The van der Waals surface area contributed by atoms with Crippen LogP contribution in [-0.2, 0) is 11.2 Å². The van der Waals surface area contributed by atoms with Crippen molar-refractivity contribution >= 4 is 23.2 Å². The Hall–Kier alpha value is -0.280. The van der Waals surface area contributed by atoms with Crippen LogP contribution >= 0.6 is 23.2 Å². The quantitative estimate of drug-likeness (QED) is 0.902. The lowest BCUT2D eigenvalue weighted by atomic mass is 9.92. The average Bonchev–Trinajstić information content (AvgIpc) is 2.21. The second-order valence-electron chi connectivity index (χ2n) is 4.15. The Morgan fingerprint density at radius 2 is 2.06 bits per heavy atom. The first-order valence-corrected chi connectivity index (χ1v) is 5.81. The van der Waals surface area contributed by atoms with Gasteiger partial charge in [0.15, 0.2) is 0 Å². The van der Waals surface area contributed by atoms with Gasteiger partial charge < -0.3 is 9.84 Å². The maximum absolute atomic E-state index is 10.2. The van der Waals surface area contributed by atoms with Crippen molar-refractivity contribution in [2.24, 2.45) is 0 Å². The number of benzene rings is 1. The Balaban J connectivity index is 2.87. The monoisotopic (exact) mass is 262 g/mol. The van der Waals surface area contributed by atoms with Gasteiger partial charge in [-0.05, 0) is 31.5 Å². The van der Waals surface area contributed by atoms with E-state index in [1.54, 1.807) is 26.2 Å². The summed E-state index contributed by atoms with van der Waals surface area (Å²) in [6, 6.07) is 5.25. The summed E-state index contributed by atoms with van der Waals surface area (Å²) in [5, 5.41) is 11.4. The Labute approximate surface area is 106 Å². The first kappa shape index (κ1) is 13.8. The minimum Gasteiger partial charge on any atom is -0.387 e. The highest BCUT2D eigenvalue weighted by Gasteiger charge is 2.29. The van der Waals surface area contributed by atoms with Gasteiger partial charge in [-0.1, -0.05) is 29.3 Å². The second kappa shape index (κ2) is 5.37. The third-order valence-corrected chi connectivity index (χ3v) is 3.38. The van der Waals surface area contributed by atoms with Crippen molar-refractivity contribution in [2.75, 3.05) is 7.11 Å². The standard InChI is InChI=1S/C12H16Cl2O2/c1-8(16-3)12(2,15)7-9-4-5-10(13)6-11(9)14/h4-6,8,15H,7H2,1-3H3. The van der Waals surface area contributed by atoms with Crippen LogP contribution < -0.4 is 0 Å². The molecule has 0 heterocycles. The van der Waals surface area contributed by atoms with Gasteiger partial charge in [-0.3, -0.25) is 0 Å². The van der Waals surface area contributed by atoms with Crippen LogP contribution in [0.15, 0.2) is 18.2 Å². The predicted molar refractivity (Wildman–Crippen MR) is 67.3 cm³/mol. The molecule has 1 aromatic rings. The molecule has 0 aliphatic heterocycles. The summed E-state index contributed by atoms with van der Waals surface area (Å²) >= 11 is 11.9. The van der Waals surface area contributed by atoms with Gasteiger partial charge in [0.25, 0.3) is 0 Å². The minimum atomic E-state index is -0.952. The van der Waals surface area contributed by atoms with Crippen molar-refractivity contribution in [3.8, 4) is 0 Å². The van der Waals surface area contributed by atoms with Gasteiger partial charge in [0.05, 0.1) is 11.7 Å². The molecule has 2 unspecified atom stereocenters. The smallest absolute Gasteiger partial charge is 0.0917 e. The second-order valence-corrected chi connectivity index (χ2v) is 4.99. The number of ether oxygens (including phenoxy) is 1. The normalized spacial score (nSPS) is 16.9. The summed E-state index contributed by atoms with van der Waals surface area (Å²) in [4.78, 5) is 0. The molecule has 0 amide bonds. The summed E-state index contributed by atoms with van der Waals surface area (Å²) in [6.45, 7) is 3.55. The zero-order valence-corrected chi connectivity index (χ0v) is 11.1. The van der Waals surface area contributed by atoms with Crippen LogP contribution in [0.4, 0.5) is 0 Å². The molecule has 16 heavy (non-hydrogen) atoms.